The maximum atomic E-state index is 13.4. The molecule has 0 spiro atoms. The number of nitrogens with zero attached hydrogens (tertiary/aromatic N) is 1. The van der Waals surface area contributed by atoms with E-state index >= 15 is 0 Å². The van der Waals surface area contributed by atoms with Crippen LogP contribution in [0.4, 0.5) is 13.2 Å². The summed E-state index contributed by atoms with van der Waals surface area (Å²) in [7, 11) is 0. The molecule has 3 rings (SSSR count). The number of nitrogens with one attached hydrogen (secondary N) is 1. The number of aromatic nitrogens is 1. The lowest BCUT2D eigenvalue weighted by molar-refractivity contribution is -0.138. The summed E-state index contributed by atoms with van der Waals surface area (Å²) in [6.07, 6.45) is -3.13. The molecule has 1 aliphatic rings. The summed E-state index contributed by atoms with van der Waals surface area (Å²) in [6.45, 7) is 4.58. The molecule has 1 aromatic carbocycles. The standard InChI is InChI=1S/C18H17F3N2O3/c1-10-11(18(19,20)21)7-8-12-14(10)15(16(22-25)17(2,3)26-12)23-9-5-4-6-13(23)24/h4-9,22,25H,1-3H3. The van der Waals surface area contributed by atoms with Crippen molar-refractivity contribution < 1.29 is 23.1 Å². The van der Waals surface area contributed by atoms with E-state index in [1.165, 1.54) is 35.9 Å². The molecule has 0 fully saturated rings. The van der Waals surface area contributed by atoms with E-state index in [0.717, 1.165) is 6.07 Å². The minimum atomic E-state index is -4.56. The lowest BCUT2D eigenvalue weighted by Crippen LogP contribution is -2.42. The van der Waals surface area contributed by atoms with Crippen molar-refractivity contribution in [3.05, 3.63) is 69.3 Å². The van der Waals surface area contributed by atoms with Crippen molar-refractivity contribution in [3.63, 3.8) is 0 Å². The van der Waals surface area contributed by atoms with Crippen LogP contribution >= 0.6 is 0 Å². The van der Waals surface area contributed by atoms with Gasteiger partial charge >= 0.3 is 6.18 Å². The topological polar surface area (TPSA) is 63.5 Å². The summed E-state index contributed by atoms with van der Waals surface area (Å²) < 4.78 is 47.1. The van der Waals surface area contributed by atoms with Crippen LogP contribution in [0.2, 0.25) is 0 Å². The average molecular weight is 366 g/mol. The number of halogens is 3. The highest BCUT2D eigenvalue weighted by molar-refractivity contribution is 5.79. The van der Waals surface area contributed by atoms with Gasteiger partial charge in [-0.1, -0.05) is 6.07 Å². The van der Waals surface area contributed by atoms with Gasteiger partial charge in [0.1, 0.15) is 17.0 Å². The van der Waals surface area contributed by atoms with Crippen LogP contribution in [-0.2, 0) is 6.18 Å². The Labute approximate surface area is 147 Å². The third-order valence-electron chi connectivity index (χ3n) is 4.35. The number of hydrogen-bond donors (Lipinski definition) is 2. The molecule has 1 aromatic heterocycles. The van der Waals surface area contributed by atoms with Gasteiger partial charge in [0.2, 0.25) is 0 Å². The molecule has 0 saturated carbocycles. The highest BCUT2D eigenvalue weighted by Gasteiger charge is 2.40. The molecule has 138 valence electrons. The Morgan fingerprint density at radius 2 is 1.88 bits per heavy atom. The lowest BCUT2D eigenvalue weighted by atomic mass is 9.90. The molecule has 0 unspecified atom stereocenters. The number of ether oxygens (including phenoxy) is 1. The summed E-state index contributed by atoms with van der Waals surface area (Å²) in [5.74, 6) is 0.199. The van der Waals surface area contributed by atoms with Crippen LogP contribution in [0, 0.1) is 6.92 Å². The smallest absolute Gasteiger partial charge is 0.416 e. The van der Waals surface area contributed by atoms with E-state index in [-0.39, 0.29) is 28.3 Å². The van der Waals surface area contributed by atoms with Gasteiger partial charge in [0.05, 0.1) is 11.3 Å². The first kappa shape index (κ1) is 18.1. The Morgan fingerprint density at radius 1 is 1.19 bits per heavy atom. The largest absolute Gasteiger partial charge is 0.481 e. The van der Waals surface area contributed by atoms with Crippen molar-refractivity contribution in [2.75, 3.05) is 0 Å². The maximum absolute atomic E-state index is 13.4. The number of alkyl halides is 3. The monoisotopic (exact) mass is 366 g/mol. The number of hydroxylamine groups is 1. The highest BCUT2D eigenvalue weighted by atomic mass is 19.4. The van der Waals surface area contributed by atoms with E-state index in [2.05, 4.69) is 0 Å². The fraction of sp³-hybridized carbons (Fsp3) is 0.278. The minimum absolute atomic E-state index is 0.0840. The number of fused-ring (bicyclic) bond motifs is 1. The molecular weight excluding hydrogens is 349 g/mol. The molecule has 5 nitrogen and oxygen atoms in total. The molecule has 26 heavy (non-hydrogen) atoms. The van der Waals surface area contributed by atoms with Gasteiger partial charge in [0, 0.05) is 17.8 Å². The van der Waals surface area contributed by atoms with E-state index in [1.807, 2.05) is 5.48 Å². The first-order valence-electron chi connectivity index (χ1n) is 7.81. The van der Waals surface area contributed by atoms with Gasteiger partial charge in [0.15, 0.2) is 0 Å². The predicted molar refractivity (Wildman–Crippen MR) is 88.8 cm³/mol. The molecule has 0 amide bonds. The Morgan fingerprint density at radius 3 is 2.46 bits per heavy atom. The molecule has 1 aliphatic heterocycles. The minimum Gasteiger partial charge on any atom is -0.481 e. The van der Waals surface area contributed by atoms with Gasteiger partial charge in [-0.15, -0.1) is 0 Å². The zero-order valence-corrected chi connectivity index (χ0v) is 14.3. The van der Waals surface area contributed by atoms with Crippen LogP contribution in [0.25, 0.3) is 5.70 Å². The summed E-state index contributed by atoms with van der Waals surface area (Å²) in [4.78, 5) is 12.4. The molecule has 0 radical (unpaired) electrons. The fourth-order valence-corrected chi connectivity index (χ4v) is 3.15. The molecule has 0 saturated heterocycles. The van der Waals surface area contributed by atoms with Crippen molar-refractivity contribution in [2.24, 2.45) is 0 Å². The van der Waals surface area contributed by atoms with Crippen LogP contribution in [-0.4, -0.2) is 15.4 Å². The number of hydrogen-bond acceptors (Lipinski definition) is 4. The second kappa shape index (κ2) is 5.91. The number of pyridine rings is 1. The average Bonchev–Trinajstić information content (AvgIpc) is 2.52. The Hall–Kier alpha value is -2.74. The van der Waals surface area contributed by atoms with E-state index < -0.39 is 22.9 Å². The summed E-state index contributed by atoms with van der Waals surface area (Å²) >= 11 is 0. The van der Waals surface area contributed by atoms with E-state index in [4.69, 9.17) is 4.74 Å². The molecule has 8 heteroatoms. The van der Waals surface area contributed by atoms with Crippen LogP contribution in [0.15, 0.2) is 47.0 Å². The van der Waals surface area contributed by atoms with Gasteiger partial charge in [-0.2, -0.15) is 13.2 Å². The summed E-state index contributed by atoms with van der Waals surface area (Å²) in [5, 5.41) is 9.67. The highest BCUT2D eigenvalue weighted by Crippen LogP contribution is 2.45. The van der Waals surface area contributed by atoms with E-state index in [1.54, 1.807) is 19.9 Å². The lowest BCUT2D eigenvalue weighted by Gasteiger charge is -2.37. The fourth-order valence-electron chi connectivity index (χ4n) is 3.15. The molecule has 0 bridgehead atoms. The first-order valence-corrected chi connectivity index (χ1v) is 7.81. The van der Waals surface area contributed by atoms with Crippen LogP contribution < -0.4 is 15.8 Å². The van der Waals surface area contributed by atoms with Crippen molar-refractivity contribution in [1.29, 1.82) is 0 Å². The van der Waals surface area contributed by atoms with Gasteiger partial charge in [-0.05, 0) is 44.5 Å². The summed E-state index contributed by atoms with van der Waals surface area (Å²) in [5.41, 5.74) is -0.162. The number of benzene rings is 1. The normalized spacial score (nSPS) is 16.1. The van der Waals surface area contributed by atoms with Crippen molar-refractivity contribution in [3.8, 4) is 5.75 Å². The molecule has 2 heterocycles. The van der Waals surface area contributed by atoms with Crippen LogP contribution in [0.5, 0.6) is 5.75 Å². The van der Waals surface area contributed by atoms with E-state index in [9.17, 15) is 23.2 Å². The van der Waals surface area contributed by atoms with Crippen molar-refractivity contribution in [2.45, 2.75) is 32.5 Å². The van der Waals surface area contributed by atoms with Crippen molar-refractivity contribution >= 4 is 5.70 Å². The third-order valence-corrected chi connectivity index (χ3v) is 4.35. The van der Waals surface area contributed by atoms with Crippen LogP contribution in [0.1, 0.15) is 30.5 Å². The molecule has 2 N–H and O–H groups in total. The van der Waals surface area contributed by atoms with Crippen LogP contribution in [0.3, 0.4) is 0 Å². The predicted octanol–water partition coefficient (Wildman–Crippen LogP) is 3.54. The van der Waals surface area contributed by atoms with Gasteiger partial charge in [-0.3, -0.25) is 20.0 Å². The maximum Gasteiger partial charge on any atom is 0.416 e. The van der Waals surface area contributed by atoms with Gasteiger partial charge in [-0.25, -0.2) is 0 Å². The van der Waals surface area contributed by atoms with Crippen molar-refractivity contribution in [1.82, 2.24) is 10.0 Å². The van der Waals surface area contributed by atoms with Gasteiger partial charge in [0.25, 0.3) is 5.56 Å². The second-order valence-electron chi connectivity index (χ2n) is 6.47. The Kier molecular flexibility index (Phi) is 4.11. The first-order chi connectivity index (χ1) is 12.1. The quantitative estimate of drug-likeness (QED) is 0.798. The number of rotatable bonds is 2. The Balaban J connectivity index is 2.45. The third kappa shape index (κ3) is 2.76. The molecule has 0 atom stereocenters. The zero-order chi connectivity index (χ0) is 19.3. The van der Waals surface area contributed by atoms with E-state index in [0.29, 0.717) is 0 Å². The second-order valence-corrected chi connectivity index (χ2v) is 6.47. The van der Waals surface area contributed by atoms with Gasteiger partial charge < -0.3 is 4.74 Å². The summed E-state index contributed by atoms with van der Waals surface area (Å²) in [6, 6.07) is 6.57. The zero-order valence-electron chi connectivity index (χ0n) is 14.3. The molecule has 0 aliphatic carbocycles. The SMILES string of the molecule is Cc1c(C(F)(F)F)ccc2c1C(n1ccccc1=O)=C(NO)C(C)(C)O2. The Bertz CT molecular complexity index is 959. The molecular formula is C18H17F3N2O3. The molecule has 2 aromatic rings.